The number of aromatic nitrogens is 4. The maximum absolute atomic E-state index is 13.0. The van der Waals surface area contributed by atoms with Gasteiger partial charge in [-0.2, -0.15) is 5.10 Å². The topological polar surface area (TPSA) is 80.9 Å². The summed E-state index contributed by atoms with van der Waals surface area (Å²) in [6, 6.07) is 1.27. The van der Waals surface area contributed by atoms with Crippen LogP contribution in [0.15, 0.2) is 23.6 Å². The number of thioether (sulfide) groups is 1. The van der Waals surface area contributed by atoms with Crippen LogP contribution in [-0.2, 0) is 11.8 Å². The van der Waals surface area contributed by atoms with Gasteiger partial charge < -0.3 is 5.11 Å². The van der Waals surface area contributed by atoms with Gasteiger partial charge in [0.1, 0.15) is 5.82 Å². The molecule has 0 spiro atoms. The zero-order valence-electron chi connectivity index (χ0n) is 9.37. The van der Waals surface area contributed by atoms with E-state index in [1.54, 1.807) is 7.05 Å². The normalized spacial score (nSPS) is 10.6. The fourth-order valence-corrected chi connectivity index (χ4v) is 1.91. The molecule has 2 aromatic rings. The second-order valence-corrected chi connectivity index (χ2v) is 4.36. The molecule has 0 atom stereocenters. The average molecular weight is 268 g/mol. The molecule has 94 valence electrons. The minimum absolute atomic E-state index is 0.104. The third-order valence-corrected chi connectivity index (χ3v) is 3.02. The van der Waals surface area contributed by atoms with Crippen molar-refractivity contribution in [2.24, 2.45) is 7.05 Å². The quantitative estimate of drug-likeness (QED) is 0.839. The number of nitrogens with zero attached hydrogens (tertiary/aromatic N) is 4. The second-order valence-electron chi connectivity index (χ2n) is 3.42. The highest BCUT2D eigenvalue weighted by Crippen LogP contribution is 2.20. The summed E-state index contributed by atoms with van der Waals surface area (Å²) >= 11 is 1.05. The van der Waals surface area contributed by atoms with Gasteiger partial charge in [0.2, 0.25) is 0 Å². The van der Waals surface area contributed by atoms with E-state index < -0.39 is 11.8 Å². The summed E-state index contributed by atoms with van der Waals surface area (Å²) in [4.78, 5) is 18.3. The fraction of sp³-hybridized carbons (Fsp3) is 0.200. The predicted molar refractivity (Wildman–Crippen MR) is 62.6 cm³/mol. The molecule has 0 aliphatic carbocycles. The molecule has 0 saturated carbocycles. The molecular formula is C10H9FN4O2S. The molecule has 0 aliphatic heterocycles. The summed E-state index contributed by atoms with van der Waals surface area (Å²) in [5, 5.41) is 13.1. The Balaban J connectivity index is 2.25. The van der Waals surface area contributed by atoms with Crippen molar-refractivity contribution in [3.63, 3.8) is 0 Å². The van der Waals surface area contributed by atoms with Gasteiger partial charge in [0.15, 0.2) is 11.0 Å². The highest BCUT2D eigenvalue weighted by molar-refractivity contribution is 7.99. The van der Waals surface area contributed by atoms with Gasteiger partial charge in [0.25, 0.3) is 0 Å². The third-order valence-electron chi connectivity index (χ3n) is 2.01. The summed E-state index contributed by atoms with van der Waals surface area (Å²) in [5.74, 6) is -1.19. The number of aryl methyl sites for hydroxylation is 1. The Morgan fingerprint density at radius 2 is 2.33 bits per heavy atom. The van der Waals surface area contributed by atoms with Crippen LogP contribution < -0.4 is 0 Å². The molecule has 18 heavy (non-hydrogen) atoms. The number of carboxylic acid groups (broad SMARTS) is 1. The largest absolute Gasteiger partial charge is 0.481 e. The van der Waals surface area contributed by atoms with E-state index in [1.165, 1.54) is 16.9 Å². The maximum Gasteiger partial charge on any atom is 0.313 e. The number of hydrogen-bond acceptors (Lipinski definition) is 5. The van der Waals surface area contributed by atoms with Crippen molar-refractivity contribution in [3.05, 3.63) is 24.3 Å². The molecule has 0 radical (unpaired) electrons. The van der Waals surface area contributed by atoms with E-state index in [1.807, 2.05) is 0 Å². The smallest absolute Gasteiger partial charge is 0.313 e. The van der Waals surface area contributed by atoms with Crippen molar-refractivity contribution in [1.29, 1.82) is 0 Å². The van der Waals surface area contributed by atoms with Crippen LogP contribution in [0.3, 0.4) is 0 Å². The number of carboxylic acids is 1. The lowest BCUT2D eigenvalue weighted by Gasteiger charge is -1.94. The number of pyridine rings is 1. The Hall–Kier alpha value is -1.96. The van der Waals surface area contributed by atoms with Crippen molar-refractivity contribution in [3.8, 4) is 11.4 Å². The van der Waals surface area contributed by atoms with E-state index in [-0.39, 0.29) is 5.75 Å². The molecule has 0 bridgehead atoms. The van der Waals surface area contributed by atoms with Crippen molar-refractivity contribution in [1.82, 2.24) is 19.7 Å². The van der Waals surface area contributed by atoms with Crippen LogP contribution >= 0.6 is 11.8 Å². The molecule has 0 aliphatic rings. The van der Waals surface area contributed by atoms with Crippen LogP contribution in [0, 0.1) is 5.82 Å². The molecule has 2 heterocycles. The minimum Gasteiger partial charge on any atom is -0.481 e. The molecule has 8 heteroatoms. The van der Waals surface area contributed by atoms with Crippen LogP contribution in [-0.4, -0.2) is 36.6 Å². The van der Waals surface area contributed by atoms with Gasteiger partial charge in [-0.3, -0.25) is 9.78 Å². The van der Waals surface area contributed by atoms with Gasteiger partial charge >= 0.3 is 5.97 Å². The maximum atomic E-state index is 13.0. The molecule has 0 fully saturated rings. The molecule has 0 saturated heterocycles. The van der Waals surface area contributed by atoms with Gasteiger partial charge in [-0.1, -0.05) is 11.8 Å². The second kappa shape index (κ2) is 5.13. The standard InChI is InChI=1S/C10H9FN4O2S/c1-15-10(18-5-8(16)17)13-9(14-15)6-2-7(11)4-12-3-6/h2-4H,5H2,1H3,(H,16,17). The number of rotatable bonds is 4. The Labute approximate surface area is 106 Å². The summed E-state index contributed by atoms with van der Waals surface area (Å²) in [6.07, 6.45) is 2.54. The Kier molecular flexibility index (Phi) is 3.56. The van der Waals surface area contributed by atoms with Crippen molar-refractivity contribution in [2.45, 2.75) is 5.16 Å². The first kappa shape index (κ1) is 12.5. The van der Waals surface area contributed by atoms with Gasteiger partial charge in [-0.15, -0.1) is 0 Å². The van der Waals surface area contributed by atoms with Crippen molar-refractivity contribution >= 4 is 17.7 Å². The monoisotopic (exact) mass is 268 g/mol. The molecular weight excluding hydrogens is 259 g/mol. The zero-order chi connectivity index (χ0) is 13.1. The highest BCUT2D eigenvalue weighted by atomic mass is 32.2. The first-order valence-electron chi connectivity index (χ1n) is 4.93. The Morgan fingerprint density at radius 3 is 3.00 bits per heavy atom. The summed E-state index contributed by atoms with van der Waals surface area (Å²) < 4.78 is 14.5. The third kappa shape index (κ3) is 2.83. The Morgan fingerprint density at radius 1 is 1.56 bits per heavy atom. The first-order chi connectivity index (χ1) is 8.56. The zero-order valence-corrected chi connectivity index (χ0v) is 10.2. The molecule has 2 rings (SSSR count). The first-order valence-corrected chi connectivity index (χ1v) is 5.91. The minimum atomic E-state index is -0.933. The SMILES string of the molecule is Cn1nc(-c2cncc(F)c2)nc1SCC(=O)O. The van der Waals surface area contributed by atoms with E-state index in [4.69, 9.17) is 5.11 Å². The number of aliphatic carboxylic acids is 1. The van der Waals surface area contributed by atoms with Crippen LogP contribution in [0.1, 0.15) is 0 Å². The molecule has 0 unspecified atom stereocenters. The number of carbonyl (C=O) groups is 1. The molecule has 0 amide bonds. The van der Waals surface area contributed by atoms with E-state index in [0.29, 0.717) is 16.5 Å². The molecule has 2 aromatic heterocycles. The van der Waals surface area contributed by atoms with Crippen LogP contribution in [0.4, 0.5) is 4.39 Å². The molecule has 0 aromatic carbocycles. The van der Waals surface area contributed by atoms with Crippen molar-refractivity contribution < 1.29 is 14.3 Å². The van der Waals surface area contributed by atoms with E-state index in [0.717, 1.165) is 18.0 Å². The van der Waals surface area contributed by atoms with E-state index in [9.17, 15) is 9.18 Å². The van der Waals surface area contributed by atoms with Crippen LogP contribution in [0.25, 0.3) is 11.4 Å². The van der Waals surface area contributed by atoms with Gasteiger partial charge in [-0.05, 0) is 6.07 Å². The highest BCUT2D eigenvalue weighted by Gasteiger charge is 2.11. The predicted octanol–water partition coefficient (Wildman–Crippen LogP) is 1.19. The van der Waals surface area contributed by atoms with E-state index in [2.05, 4.69) is 15.1 Å². The molecule has 1 N–H and O–H groups in total. The average Bonchev–Trinajstić information content (AvgIpc) is 2.68. The van der Waals surface area contributed by atoms with Gasteiger partial charge in [0, 0.05) is 18.8 Å². The van der Waals surface area contributed by atoms with E-state index >= 15 is 0 Å². The van der Waals surface area contributed by atoms with Crippen LogP contribution in [0.5, 0.6) is 0 Å². The molecule has 6 nitrogen and oxygen atoms in total. The summed E-state index contributed by atoms with van der Waals surface area (Å²) in [5.41, 5.74) is 0.452. The fourth-order valence-electron chi connectivity index (χ4n) is 1.28. The lowest BCUT2D eigenvalue weighted by molar-refractivity contribution is -0.133. The summed E-state index contributed by atoms with van der Waals surface area (Å²) in [7, 11) is 1.65. The van der Waals surface area contributed by atoms with Gasteiger partial charge in [0.05, 0.1) is 11.9 Å². The number of halogens is 1. The number of hydrogen-bond donors (Lipinski definition) is 1. The summed E-state index contributed by atoms with van der Waals surface area (Å²) in [6.45, 7) is 0. The lowest BCUT2D eigenvalue weighted by Crippen LogP contribution is -2.00. The lowest BCUT2D eigenvalue weighted by atomic mass is 10.3. The van der Waals surface area contributed by atoms with Gasteiger partial charge in [-0.25, -0.2) is 14.1 Å². The van der Waals surface area contributed by atoms with Crippen molar-refractivity contribution in [2.75, 3.05) is 5.75 Å². The Bertz CT molecular complexity index is 587. The van der Waals surface area contributed by atoms with Crippen LogP contribution in [0.2, 0.25) is 0 Å².